The van der Waals surface area contributed by atoms with E-state index < -0.39 is 12.0 Å². The molecule has 6 nitrogen and oxygen atoms in total. The molecule has 0 saturated carbocycles. The lowest BCUT2D eigenvalue weighted by Crippen LogP contribution is -2.41. The molecule has 0 saturated heterocycles. The van der Waals surface area contributed by atoms with Crippen LogP contribution in [-0.4, -0.2) is 37.0 Å². The molecule has 0 aliphatic heterocycles. The van der Waals surface area contributed by atoms with Crippen molar-refractivity contribution in [2.24, 2.45) is 0 Å². The Labute approximate surface area is 120 Å². The van der Waals surface area contributed by atoms with Crippen molar-refractivity contribution in [2.75, 3.05) is 13.2 Å². The van der Waals surface area contributed by atoms with Gasteiger partial charge in [-0.05, 0) is 19.8 Å². The van der Waals surface area contributed by atoms with Crippen LogP contribution in [0.15, 0.2) is 0 Å². The fourth-order valence-corrected chi connectivity index (χ4v) is 1.70. The zero-order valence-corrected chi connectivity index (χ0v) is 12.7. The number of hydrogen-bond donors (Lipinski definition) is 2. The topological polar surface area (TPSA) is 84.5 Å². The van der Waals surface area contributed by atoms with Crippen LogP contribution in [-0.2, 0) is 19.1 Å². The van der Waals surface area contributed by atoms with Crippen molar-refractivity contribution in [3.05, 3.63) is 0 Å². The Hall–Kier alpha value is -1.59. The van der Waals surface area contributed by atoms with E-state index in [4.69, 9.17) is 4.74 Å². The second-order valence-electron chi connectivity index (χ2n) is 4.60. The molecule has 116 valence electrons. The molecule has 20 heavy (non-hydrogen) atoms. The first-order chi connectivity index (χ1) is 9.51. The molecule has 0 rings (SSSR count). The molecule has 0 aromatic carbocycles. The van der Waals surface area contributed by atoms with E-state index in [1.807, 2.05) is 0 Å². The Morgan fingerprint density at radius 3 is 2.40 bits per heavy atom. The van der Waals surface area contributed by atoms with Gasteiger partial charge in [0.15, 0.2) is 0 Å². The molecule has 0 radical (unpaired) electrons. The maximum atomic E-state index is 11.6. The van der Waals surface area contributed by atoms with Crippen LogP contribution in [0.25, 0.3) is 0 Å². The van der Waals surface area contributed by atoms with Crippen LogP contribution in [0, 0.1) is 0 Å². The largest absolute Gasteiger partial charge is 0.464 e. The highest BCUT2D eigenvalue weighted by Crippen LogP contribution is 2.01. The predicted molar refractivity (Wildman–Crippen MR) is 76.0 cm³/mol. The number of esters is 1. The summed E-state index contributed by atoms with van der Waals surface area (Å²) in [6, 6.07) is -0.756. The Morgan fingerprint density at radius 1 is 1.15 bits per heavy atom. The van der Waals surface area contributed by atoms with E-state index in [2.05, 4.69) is 17.6 Å². The number of nitrogens with one attached hydrogen (secondary N) is 2. The van der Waals surface area contributed by atoms with Crippen LogP contribution in [0.4, 0.5) is 0 Å². The quantitative estimate of drug-likeness (QED) is 0.466. The lowest BCUT2D eigenvalue weighted by molar-refractivity contribution is -0.147. The van der Waals surface area contributed by atoms with Gasteiger partial charge in [-0.1, -0.05) is 19.8 Å². The number of amides is 2. The highest BCUT2D eigenvalue weighted by molar-refractivity contribution is 5.84. The number of hydrogen-bond acceptors (Lipinski definition) is 4. The molecule has 6 heteroatoms. The summed E-state index contributed by atoms with van der Waals surface area (Å²) in [6.07, 6.45) is 3.57. The monoisotopic (exact) mass is 286 g/mol. The SMILES string of the molecule is CCCCCNC(=O)CCC(NC(C)=O)C(=O)OCC. The van der Waals surface area contributed by atoms with Crippen molar-refractivity contribution < 1.29 is 19.1 Å². The van der Waals surface area contributed by atoms with E-state index >= 15 is 0 Å². The van der Waals surface area contributed by atoms with Crippen LogP contribution >= 0.6 is 0 Å². The van der Waals surface area contributed by atoms with Crippen LogP contribution in [0.1, 0.15) is 52.9 Å². The van der Waals surface area contributed by atoms with Gasteiger partial charge in [0, 0.05) is 19.9 Å². The van der Waals surface area contributed by atoms with E-state index in [1.165, 1.54) is 6.92 Å². The minimum atomic E-state index is -0.756. The number of carbonyl (C=O) groups is 3. The van der Waals surface area contributed by atoms with Crippen molar-refractivity contribution in [1.29, 1.82) is 0 Å². The van der Waals surface area contributed by atoms with Crippen LogP contribution in [0.2, 0.25) is 0 Å². The van der Waals surface area contributed by atoms with Gasteiger partial charge in [0.1, 0.15) is 6.04 Å². The fourth-order valence-electron chi connectivity index (χ4n) is 1.70. The molecule has 0 aliphatic rings. The molecular formula is C14H26N2O4. The normalized spacial score (nSPS) is 11.6. The van der Waals surface area contributed by atoms with Crippen molar-refractivity contribution in [3.63, 3.8) is 0 Å². The number of unbranched alkanes of at least 4 members (excludes halogenated alkanes) is 2. The van der Waals surface area contributed by atoms with Gasteiger partial charge in [-0.3, -0.25) is 9.59 Å². The maximum absolute atomic E-state index is 11.6. The molecule has 2 N–H and O–H groups in total. The molecule has 1 unspecified atom stereocenters. The molecule has 0 heterocycles. The Bertz CT molecular complexity index is 318. The highest BCUT2D eigenvalue weighted by atomic mass is 16.5. The van der Waals surface area contributed by atoms with Gasteiger partial charge in [0.05, 0.1) is 6.61 Å². The number of rotatable bonds is 10. The highest BCUT2D eigenvalue weighted by Gasteiger charge is 2.21. The van der Waals surface area contributed by atoms with Gasteiger partial charge < -0.3 is 15.4 Å². The van der Waals surface area contributed by atoms with Gasteiger partial charge in [-0.15, -0.1) is 0 Å². The first-order valence-electron chi connectivity index (χ1n) is 7.21. The molecule has 0 fully saturated rings. The van der Waals surface area contributed by atoms with Gasteiger partial charge in [0.25, 0.3) is 0 Å². The smallest absolute Gasteiger partial charge is 0.328 e. The van der Waals surface area contributed by atoms with Crippen molar-refractivity contribution in [2.45, 2.75) is 58.9 Å². The van der Waals surface area contributed by atoms with Gasteiger partial charge in [-0.25, -0.2) is 4.79 Å². The van der Waals surface area contributed by atoms with Crippen molar-refractivity contribution >= 4 is 17.8 Å². The minimum Gasteiger partial charge on any atom is -0.464 e. The van der Waals surface area contributed by atoms with E-state index in [9.17, 15) is 14.4 Å². The summed E-state index contributed by atoms with van der Waals surface area (Å²) in [7, 11) is 0. The molecule has 0 aromatic rings. The zero-order chi connectivity index (χ0) is 15.4. The molecule has 0 aliphatic carbocycles. The molecule has 1 atom stereocenters. The first-order valence-corrected chi connectivity index (χ1v) is 7.21. The second-order valence-corrected chi connectivity index (χ2v) is 4.60. The average Bonchev–Trinajstić information content (AvgIpc) is 2.39. The third-order valence-electron chi connectivity index (χ3n) is 2.71. The predicted octanol–water partition coefficient (Wildman–Crippen LogP) is 1.14. The summed E-state index contributed by atoms with van der Waals surface area (Å²) in [5.74, 6) is -0.923. The fraction of sp³-hybridized carbons (Fsp3) is 0.786. The third-order valence-corrected chi connectivity index (χ3v) is 2.71. The van der Waals surface area contributed by atoms with Crippen LogP contribution in [0.3, 0.4) is 0 Å². The summed E-state index contributed by atoms with van der Waals surface area (Å²) in [5, 5.41) is 5.30. The van der Waals surface area contributed by atoms with Crippen LogP contribution in [0.5, 0.6) is 0 Å². The van der Waals surface area contributed by atoms with Gasteiger partial charge in [0.2, 0.25) is 11.8 Å². The Morgan fingerprint density at radius 2 is 1.85 bits per heavy atom. The van der Waals surface area contributed by atoms with E-state index in [-0.39, 0.29) is 31.3 Å². The molecule has 2 amide bonds. The van der Waals surface area contributed by atoms with Gasteiger partial charge >= 0.3 is 5.97 Å². The number of ether oxygens (including phenoxy) is 1. The summed E-state index contributed by atoms with van der Waals surface area (Å²) in [6.45, 7) is 6.02. The molecule has 0 bridgehead atoms. The standard InChI is InChI=1S/C14H26N2O4/c1-4-6-7-10-15-13(18)9-8-12(16-11(3)17)14(19)20-5-2/h12H,4-10H2,1-3H3,(H,15,18)(H,16,17). The first kappa shape index (κ1) is 18.4. The lowest BCUT2D eigenvalue weighted by atomic mass is 10.1. The van der Waals surface area contributed by atoms with E-state index in [0.717, 1.165) is 19.3 Å². The summed E-state index contributed by atoms with van der Waals surface area (Å²) >= 11 is 0. The Kier molecular flexibility index (Phi) is 10.4. The third kappa shape index (κ3) is 9.35. The van der Waals surface area contributed by atoms with Crippen molar-refractivity contribution in [3.8, 4) is 0 Å². The molecule has 0 aromatic heterocycles. The van der Waals surface area contributed by atoms with Crippen LogP contribution < -0.4 is 10.6 Å². The van der Waals surface area contributed by atoms with E-state index in [1.54, 1.807) is 6.92 Å². The summed E-state index contributed by atoms with van der Waals surface area (Å²) < 4.78 is 4.86. The number of carbonyl (C=O) groups excluding carboxylic acids is 3. The summed E-state index contributed by atoms with van der Waals surface area (Å²) in [4.78, 5) is 34.3. The van der Waals surface area contributed by atoms with Crippen molar-refractivity contribution in [1.82, 2.24) is 10.6 Å². The van der Waals surface area contributed by atoms with Gasteiger partial charge in [-0.2, -0.15) is 0 Å². The summed E-state index contributed by atoms with van der Waals surface area (Å²) in [5.41, 5.74) is 0. The lowest BCUT2D eigenvalue weighted by Gasteiger charge is -2.16. The van der Waals surface area contributed by atoms with E-state index in [0.29, 0.717) is 6.54 Å². The maximum Gasteiger partial charge on any atom is 0.328 e. The second kappa shape index (κ2) is 11.3. The molecule has 0 spiro atoms. The average molecular weight is 286 g/mol. The Balaban J connectivity index is 4.07. The zero-order valence-electron chi connectivity index (χ0n) is 12.7. The minimum absolute atomic E-state index is 0.110. The molecular weight excluding hydrogens is 260 g/mol.